The van der Waals surface area contributed by atoms with Gasteiger partial charge in [-0.15, -0.1) is 24.0 Å². The maximum Gasteiger partial charge on any atom is 0.409 e. The number of aryl methyl sites for hydroxylation is 1. The lowest BCUT2D eigenvalue weighted by molar-refractivity contribution is 0.111. The summed E-state index contributed by atoms with van der Waals surface area (Å²) in [5, 5.41) is 6.70. The average molecular weight is 447 g/mol. The van der Waals surface area contributed by atoms with Crippen LogP contribution in [0.4, 0.5) is 4.79 Å². The maximum atomic E-state index is 11.5. The van der Waals surface area contributed by atoms with Crippen molar-refractivity contribution in [3.63, 3.8) is 0 Å². The van der Waals surface area contributed by atoms with Gasteiger partial charge >= 0.3 is 6.09 Å². The third-order valence-electron chi connectivity index (χ3n) is 4.03. The Bertz CT molecular complexity index is 559. The molecule has 1 aromatic rings. The van der Waals surface area contributed by atoms with Crippen LogP contribution in [-0.2, 0) is 11.3 Å². The minimum Gasteiger partial charge on any atom is -0.453 e. The van der Waals surface area contributed by atoms with Crippen LogP contribution >= 0.6 is 24.0 Å². The summed E-state index contributed by atoms with van der Waals surface area (Å²) >= 11 is 0. The molecule has 134 valence electrons. The molecule has 1 aliphatic rings. The van der Waals surface area contributed by atoms with Crippen molar-refractivity contribution in [1.82, 2.24) is 20.5 Å². The van der Waals surface area contributed by atoms with E-state index in [9.17, 15) is 4.79 Å². The zero-order chi connectivity index (χ0) is 16.7. The number of rotatable bonds is 3. The highest BCUT2D eigenvalue weighted by atomic mass is 127. The summed E-state index contributed by atoms with van der Waals surface area (Å²) in [6, 6.07) is 4.27. The molecule has 0 saturated carbocycles. The summed E-state index contributed by atoms with van der Waals surface area (Å²) in [7, 11) is 3.17. The number of ether oxygens (including phenoxy) is 1. The molecule has 1 aliphatic heterocycles. The second-order valence-corrected chi connectivity index (χ2v) is 5.57. The number of nitrogens with one attached hydrogen (secondary N) is 2. The summed E-state index contributed by atoms with van der Waals surface area (Å²) in [6.07, 6.45) is 3.29. The Kier molecular flexibility index (Phi) is 8.80. The van der Waals surface area contributed by atoms with Crippen LogP contribution in [0.1, 0.15) is 24.1 Å². The highest BCUT2D eigenvalue weighted by molar-refractivity contribution is 14.0. The largest absolute Gasteiger partial charge is 0.453 e. The first-order chi connectivity index (χ1) is 11.1. The van der Waals surface area contributed by atoms with Crippen LogP contribution in [-0.4, -0.2) is 55.2 Å². The van der Waals surface area contributed by atoms with E-state index in [0.717, 1.165) is 30.1 Å². The number of carbonyl (C=O) groups is 1. The molecule has 1 fully saturated rings. The van der Waals surface area contributed by atoms with Crippen molar-refractivity contribution < 1.29 is 9.53 Å². The van der Waals surface area contributed by atoms with Gasteiger partial charge in [0.15, 0.2) is 5.96 Å². The summed E-state index contributed by atoms with van der Waals surface area (Å²) in [4.78, 5) is 21.8. The van der Waals surface area contributed by atoms with Gasteiger partial charge < -0.3 is 20.3 Å². The fraction of sp³-hybridized carbons (Fsp3) is 0.562. The Hall–Kier alpha value is -1.58. The Morgan fingerprint density at radius 1 is 1.46 bits per heavy atom. The summed E-state index contributed by atoms with van der Waals surface area (Å²) in [6.45, 7) is 4.07. The molecule has 0 spiro atoms. The van der Waals surface area contributed by atoms with E-state index >= 15 is 0 Å². The van der Waals surface area contributed by atoms with Crippen LogP contribution in [0.3, 0.4) is 0 Å². The van der Waals surface area contributed by atoms with Crippen molar-refractivity contribution >= 4 is 36.0 Å². The van der Waals surface area contributed by atoms with Gasteiger partial charge in [-0.05, 0) is 31.4 Å². The molecule has 0 aromatic carbocycles. The van der Waals surface area contributed by atoms with Crippen LogP contribution in [0, 0.1) is 6.92 Å². The van der Waals surface area contributed by atoms with E-state index in [-0.39, 0.29) is 30.1 Å². The number of nitrogens with zero attached hydrogens (tertiary/aromatic N) is 3. The van der Waals surface area contributed by atoms with E-state index in [1.807, 2.05) is 19.1 Å². The standard InChI is InChI=1S/C16H25N5O2.HI/c1-12-5-4-8-18-14(12)11-19-15(17-2)20-13-6-9-21(10-7-13)16(22)23-3;/h4-5,8,13H,6-7,9-11H2,1-3H3,(H2,17,19,20);1H. The van der Waals surface area contributed by atoms with Crippen molar-refractivity contribution in [2.75, 3.05) is 27.2 Å². The number of pyridine rings is 1. The first kappa shape index (κ1) is 20.5. The van der Waals surface area contributed by atoms with Gasteiger partial charge in [-0.25, -0.2) is 4.79 Å². The molecule has 7 nitrogen and oxygen atoms in total. The molecule has 0 radical (unpaired) electrons. The van der Waals surface area contributed by atoms with Crippen LogP contribution in [0.2, 0.25) is 0 Å². The molecule has 2 N–H and O–H groups in total. The number of guanidine groups is 1. The van der Waals surface area contributed by atoms with Crippen molar-refractivity contribution in [3.05, 3.63) is 29.6 Å². The van der Waals surface area contributed by atoms with Crippen molar-refractivity contribution in [2.24, 2.45) is 4.99 Å². The number of hydrogen-bond acceptors (Lipinski definition) is 4. The second kappa shape index (κ2) is 10.3. The highest BCUT2D eigenvalue weighted by Crippen LogP contribution is 2.11. The minimum atomic E-state index is -0.253. The number of piperidine rings is 1. The number of amides is 1. The second-order valence-electron chi connectivity index (χ2n) is 5.57. The fourth-order valence-electron chi connectivity index (χ4n) is 2.59. The normalized spacial score (nSPS) is 15.5. The first-order valence-corrected chi connectivity index (χ1v) is 7.84. The molecule has 0 atom stereocenters. The van der Waals surface area contributed by atoms with Crippen molar-refractivity contribution in [1.29, 1.82) is 0 Å². The number of carbonyl (C=O) groups excluding carboxylic acids is 1. The summed E-state index contributed by atoms with van der Waals surface area (Å²) in [5.41, 5.74) is 2.16. The Balaban J connectivity index is 0.00000288. The van der Waals surface area contributed by atoms with Crippen molar-refractivity contribution in [2.45, 2.75) is 32.4 Å². The third kappa shape index (κ3) is 5.81. The highest BCUT2D eigenvalue weighted by Gasteiger charge is 2.23. The molecule has 24 heavy (non-hydrogen) atoms. The molecule has 0 unspecified atom stereocenters. The molecule has 2 rings (SSSR count). The van der Waals surface area contributed by atoms with Gasteiger partial charge in [0.2, 0.25) is 0 Å². The molecule has 2 heterocycles. The van der Waals surface area contributed by atoms with Crippen LogP contribution in [0.25, 0.3) is 0 Å². The molecule has 1 saturated heterocycles. The molecular weight excluding hydrogens is 421 g/mol. The molecule has 1 aromatic heterocycles. The van der Waals surface area contributed by atoms with Gasteiger partial charge in [0.1, 0.15) is 0 Å². The van der Waals surface area contributed by atoms with Gasteiger partial charge in [0, 0.05) is 32.4 Å². The predicted octanol–water partition coefficient (Wildman–Crippen LogP) is 1.90. The van der Waals surface area contributed by atoms with E-state index < -0.39 is 0 Å². The number of methoxy groups -OCH3 is 1. The topological polar surface area (TPSA) is 78.9 Å². The lowest BCUT2D eigenvalue weighted by atomic mass is 10.1. The molecule has 0 aliphatic carbocycles. The quantitative estimate of drug-likeness (QED) is 0.421. The van der Waals surface area contributed by atoms with E-state index in [1.54, 1.807) is 18.1 Å². The maximum absolute atomic E-state index is 11.5. The van der Waals surface area contributed by atoms with Gasteiger partial charge in [-0.2, -0.15) is 0 Å². The van der Waals surface area contributed by atoms with E-state index in [1.165, 1.54) is 7.11 Å². The van der Waals surface area contributed by atoms with Gasteiger partial charge in [0.25, 0.3) is 0 Å². The smallest absolute Gasteiger partial charge is 0.409 e. The molecule has 8 heteroatoms. The van der Waals surface area contributed by atoms with Crippen LogP contribution in [0.15, 0.2) is 23.3 Å². The average Bonchev–Trinajstić information content (AvgIpc) is 2.59. The minimum absolute atomic E-state index is 0. The lowest BCUT2D eigenvalue weighted by Crippen LogP contribution is -2.49. The molecular formula is C16H26IN5O2. The van der Waals surface area contributed by atoms with Crippen molar-refractivity contribution in [3.8, 4) is 0 Å². The third-order valence-corrected chi connectivity index (χ3v) is 4.03. The zero-order valence-electron chi connectivity index (χ0n) is 14.4. The van der Waals surface area contributed by atoms with Crippen LogP contribution < -0.4 is 10.6 Å². The van der Waals surface area contributed by atoms with Gasteiger partial charge in [0.05, 0.1) is 19.3 Å². The van der Waals surface area contributed by atoms with E-state index in [0.29, 0.717) is 25.7 Å². The SMILES string of the molecule is CN=C(NCc1ncccc1C)NC1CCN(C(=O)OC)CC1.I. The molecule has 1 amide bonds. The Labute approximate surface area is 160 Å². The number of hydrogen-bond donors (Lipinski definition) is 2. The summed E-state index contributed by atoms with van der Waals surface area (Å²) in [5.74, 6) is 0.756. The van der Waals surface area contributed by atoms with Gasteiger partial charge in [-0.1, -0.05) is 6.07 Å². The first-order valence-electron chi connectivity index (χ1n) is 7.84. The monoisotopic (exact) mass is 447 g/mol. The van der Waals surface area contributed by atoms with E-state index in [4.69, 9.17) is 4.74 Å². The number of halogens is 1. The zero-order valence-corrected chi connectivity index (χ0v) is 16.7. The summed E-state index contributed by atoms with van der Waals surface area (Å²) < 4.78 is 4.75. The fourth-order valence-corrected chi connectivity index (χ4v) is 2.59. The molecule has 0 bridgehead atoms. The Morgan fingerprint density at radius 3 is 2.75 bits per heavy atom. The number of likely N-dealkylation sites (tertiary alicyclic amines) is 1. The number of aromatic nitrogens is 1. The van der Waals surface area contributed by atoms with E-state index in [2.05, 4.69) is 20.6 Å². The lowest BCUT2D eigenvalue weighted by Gasteiger charge is -2.32. The van der Waals surface area contributed by atoms with Crippen LogP contribution in [0.5, 0.6) is 0 Å². The number of aliphatic imine (C=N–C) groups is 1. The van der Waals surface area contributed by atoms with Gasteiger partial charge in [-0.3, -0.25) is 9.98 Å². The Morgan fingerprint density at radius 2 is 2.17 bits per heavy atom. The predicted molar refractivity (Wildman–Crippen MR) is 105 cm³/mol.